The van der Waals surface area contributed by atoms with Crippen LogP contribution in [-0.2, 0) is 33.9 Å². The molecule has 3 rings (SSSR count). The lowest BCUT2D eigenvalue weighted by Crippen LogP contribution is -2.02. The molecule has 0 aliphatic carbocycles. The van der Waals surface area contributed by atoms with Gasteiger partial charge < -0.3 is 18.9 Å². The van der Waals surface area contributed by atoms with Crippen LogP contribution in [0.3, 0.4) is 0 Å². The van der Waals surface area contributed by atoms with Gasteiger partial charge in [-0.2, -0.15) is 0 Å². The standard InChI is InChI=1S/C20H25NO4.C13H18O2.C2H6/c1-13-6-15(19(21-22)17(8-13)11-23-3)10-16-7-14(2)9-18(12-24-4)20(16)25-5;1-3-11(4-2)12-5-7-13(8-6-12)15-10-9-14;1-2/h6-9H,10-12H2,1-5H3;5-9,11H,3-4,10H2,1-2H3;1-2H3. The van der Waals surface area contributed by atoms with Crippen molar-refractivity contribution in [3.8, 4) is 11.5 Å². The maximum Gasteiger partial charge on any atom is 0.157 e. The lowest BCUT2D eigenvalue weighted by atomic mass is 9.94. The van der Waals surface area contributed by atoms with E-state index < -0.39 is 0 Å². The number of carbonyl (C=O) groups is 1. The number of benzene rings is 3. The molecular weight excluding hydrogens is 530 g/mol. The Morgan fingerprint density at radius 1 is 0.786 bits per heavy atom. The fraction of sp³-hybridized carbons (Fsp3) is 0.457. The topological polar surface area (TPSA) is 83.4 Å². The highest BCUT2D eigenvalue weighted by molar-refractivity contribution is 5.58. The summed E-state index contributed by atoms with van der Waals surface area (Å²) < 4.78 is 21.3. The molecule has 0 amide bonds. The summed E-state index contributed by atoms with van der Waals surface area (Å²) >= 11 is 0. The summed E-state index contributed by atoms with van der Waals surface area (Å²) in [5.41, 5.74) is 7.65. The van der Waals surface area contributed by atoms with Gasteiger partial charge in [-0.05, 0) is 66.6 Å². The minimum Gasteiger partial charge on any atom is -0.496 e. The molecular formula is C35H49NO6. The number of hydrogen-bond acceptors (Lipinski definition) is 7. The second kappa shape index (κ2) is 20.3. The van der Waals surface area contributed by atoms with E-state index in [1.54, 1.807) is 21.3 Å². The number of hydrogen-bond donors (Lipinski definition) is 0. The van der Waals surface area contributed by atoms with Gasteiger partial charge in [0.1, 0.15) is 23.8 Å². The lowest BCUT2D eigenvalue weighted by Gasteiger charge is -2.16. The van der Waals surface area contributed by atoms with Gasteiger partial charge in [-0.3, -0.25) is 4.79 Å². The molecule has 0 unspecified atom stereocenters. The summed E-state index contributed by atoms with van der Waals surface area (Å²) in [7, 11) is 4.92. The largest absolute Gasteiger partial charge is 0.496 e. The van der Waals surface area contributed by atoms with Crippen molar-refractivity contribution in [1.29, 1.82) is 0 Å². The Balaban J connectivity index is 0.000000443. The van der Waals surface area contributed by atoms with Crippen LogP contribution in [-0.4, -0.2) is 34.2 Å². The van der Waals surface area contributed by atoms with Gasteiger partial charge in [-0.25, -0.2) is 0 Å². The van der Waals surface area contributed by atoms with Gasteiger partial charge in [-0.1, -0.05) is 75.2 Å². The molecule has 42 heavy (non-hydrogen) atoms. The molecule has 3 aromatic rings. The highest BCUT2D eigenvalue weighted by atomic mass is 16.5. The molecule has 7 heteroatoms. The number of aldehydes is 1. The number of nitrogens with zero attached hydrogens (tertiary/aromatic N) is 1. The first kappa shape index (κ1) is 36.5. The molecule has 3 aromatic carbocycles. The van der Waals surface area contributed by atoms with Crippen LogP contribution in [0.15, 0.2) is 53.7 Å². The van der Waals surface area contributed by atoms with Gasteiger partial charge in [0.05, 0.1) is 20.3 Å². The van der Waals surface area contributed by atoms with E-state index in [-0.39, 0.29) is 6.61 Å². The summed E-state index contributed by atoms with van der Waals surface area (Å²) in [6.45, 7) is 13.4. The number of methoxy groups -OCH3 is 3. The van der Waals surface area contributed by atoms with E-state index in [9.17, 15) is 9.70 Å². The van der Waals surface area contributed by atoms with Crippen LogP contribution in [0.5, 0.6) is 11.5 Å². The van der Waals surface area contributed by atoms with Crippen LogP contribution in [0, 0.1) is 18.8 Å². The van der Waals surface area contributed by atoms with Gasteiger partial charge in [0.15, 0.2) is 6.29 Å². The van der Waals surface area contributed by atoms with E-state index in [0.29, 0.717) is 31.2 Å². The first-order chi connectivity index (χ1) is 20.3. The average Bonchev–Trinajstić information content (AvgIpc) is 2.99. The Morgan fingerprint density at radius 3 is 1.81 bits per heavy atom. The highest BCUT2D eigenvalue weighted by Gasteiger charge is 2.16. The maximum absolute atomic E-state index is 11.5. The maximum atomic E-state index is 11.5. The third-order valence-corrected chi connectivity index (χ3v) is 6.73. The fourth-order valence-corrected chi connectivity index (χ4v) is 4.97. The summed E-state index contributed by atoms with van der Waals surface area (Å²) in [6, 6.07) is 16.1. The molecule has 0 saturated carbocycles. The SMILES string of the molecule is CC.CCC(CC)c1ccc(OCC=O)cc1.COCc1cc(C)cc(Cc2cc(C)cc(COC)c2OC)c1N=O. The van der Waals surface area contributed by atoms with Gasteiger partial charge >= 0.3 is 0 Å². The van der Waals surface area contributed by atoms with Crippen molar-refractivity contribution in [1.82, 2.24) is 0 Å². The summed E-state index contributed by atoms with van der Waals surface area (Å²) in [4.78, 5) is 21.6. The van der Waals surface area contributed by atoms with Gasteiger partial charge in [0.2, 0.25) is 0 Å². The van der Waals surface area contributed by atoms with Crippen LogP contribution < -0.4 is 9.47 Å². The Hall–Kier alpha value is -3.55. The number of nitroso groups, excluding NO2 is 1. The third-order valence-electron chi connectivity index (χ3n) is 6.73. The van der Waals surface area contributed by atoms with E-state index in [1.165, 1.54) is 5.56 Å². The zero-order valence-corrected chi connectivity index (χ0v) is 26.9. The van der Waals surface area contributed by atoms with Crippen LogP contribution in [0.25, 0.3) is 0 Å². The zero-order chi connectivity index (χ0) is 31.5. The zero-order valence-electron chi connectivity index (χ0n) is 26.9. The average molecular weight is 580 g/mol. The quantitative estimate of drug-likeness (QED) is 0.140. The van der Waals surface area contributed by atoms with Crippen LogP contribution in [0.2, 0.25) is 0 Å². The normalized spacial score (nSPS) is 10.2. The summed E-state index contributed by atoms with van der Waals surface area (Å²) in [5, 5.41) is 3.27. The van der Waals surface area contributed by atoms with Crippen molar-refractivity contribution < 1.29 is 23.7 Å². The Labute approximate surface area is 252 Å². The summed E-state index contributed by atoms with van der Waals surface area (Å²) in [5.74, 6) is 2.18. The van der Waals surface area contributed by atoms with E-state index in [2.05, 4.69) is 43.3 Å². The number of carbonyl (C=O) groups excluding carboxylic acids is 1. The molecule has 0 spiro atoms. The van der Waals surface area contributed by atoms with Crippen molar-refractivity contribution in [3.63, 3.8) is 0 Å². The smallest absolute Gasteiger partial charge is 0.157 e. The molecule has 0 aliphatic heterocycles. The van der Waals surface area contributed by atoms with Gasteiger partial charge in [-0.15, -0.1) is 4.91 Å². The molecule has 0 saturated heterocycles. The molecule has 0 bridgehead atoms. The van der Waals surface area contributed by atoms with Crippen molar-refractivity contribution in [3.05, 3.63) is 92.4 Å². The second-order valence-corrected chi connectivity index (χ2v) is 9.74. The number of rotatable bonds is 14. The molecule has 0 heterocycles. The fourth-order valence-electron chi connectivity index (χ4n) is 4.97. The molecule has 0 atom stereocenters. The Kier molecular flexibility index (Phi) is 17.7. The first-order valence-corrected chi connectivity index (χ1v) is 14.6. The molecule has 230 valence electrons. The predicted octanol–water partition coefficient (Wildman–Crippen LogP) is 8.79. The van der Waals surface area contributed by atoms with Crippen molar-refractivity contribution >= 4 is 12.0 Å². The predicted molar refractivity (Wildman–Crippen MR) is 171 cm³/mol. The minimum atomic E-state index is 0.129. The summed E-state index contributed by atoms with van der Waals surface area (Å²) in [6.07, 6.45) is 3.63. The molecule has 7 nitrogen and oxygen atoms in total. The molecule has 0 aliphatic rings. The third kappa shape index (κ3) is 11.0. The van der Waals surface area contributed by atoms with Crippen LogP contribution in [0.1, 0.15) is 85.4 Å². The first-order valence-electron chi connectivity index (χ1n) is 14.6. The van der Waals surface area contributed by atoms with E-state index in [0.717, 1.165) is 64.0 Å². The highest BCUT2D eigenvalue weighted by Crippen LogP contribution is 2.34. The molecule has 0 aromatic heterocycles. The monoisotopic (exact) mass is 579 g/mol. The minimum absolute atomic E-state index is 0.129. The Bertz CT molecular complexity index is 1220. The second-order valence-electron chi connectivity index (χ2n) is 9.74. The van der Waals surface area contributed by atoms with Crippen LogP contribution in [0.4, 0.5) is 5.69 Å². The number of ether oxygens (including phenoxy) is 4. The van der Waals surface area contributed by atoms with Crippen molar-refractivity contribution in [2.45, 2.75) is 79.9 Å². The molecule has 0 radical (unpaired) electrons. The van der Waals surface area contributed by atoms with E-state index >= 15 is 0 Å². The van der Waals surface area contributed by atoms with Gasteiger partial charge in [0, 0.05) is 31.8 Å². The van der Waals surface area contributed by atoms with Gasteiger partial charge in [0.25, 0.3) is 0 Å². The Morgan fingerprint density at radius 2 is 1.31 bits per heavy atom. The lowest BCUT2D eigenvalue weighted by molar-refractivity contribution is -0.109. The van der Waals surface area contributed by atoms with E-state index in [4.69, 9.17) is 18.9 Å². The molecule has 0 fully saturated rings. The van der Waals surface area contributed by atoms with Crippen molar-refractivity contribution in [2.24, 2.45) is 5.18 Å². The van der Waals surface area contributed by atoms with Crippen molar-refractivity contribution in [2.75, 3.05) is 27.9 Å². The van der Waals surface area contributed by atoms with E-state index in [1.807, 2.05) is 52.0 Å². The number of aryl methyl sites for hydroxylation is 2. The van der Waals surface area contributed by atoms with Crippen LogP contribution >= 0.6 is 0 Å². The molecule has 0 N–H and O–H groups in total.